The molecule has 0 aromatic heterocycles. The Morgan fingerprint density at radius 2 is 1.41 bits per heavy atom. The predicted octanol–water partition coefficient (Wildman–Crippen LogP) is -0.137. The minimum Gasteiger partial charge on any atom is -0.643 e. The molecule has 0 atom stereocenters. The molecule has 2 aromatic carbocycles. The van der Waals surface area contributed by atoms with Crippen LogP contribution in [0.3, 0.4) is 0 Å². The molecule has 0 saturated heterocycles. The molecule has 0 aliphatic heterocycles. The average Bonchev–Trinajstić information content (AvgIpc) is 2.43. The van der Waals surface area contributed by atoms with Gasteiger partial charge in [-0.25, -0.2) is 0 Å². The highest BCUT2D eigenvalue weighted by atomic mass is 127. The second kappa shape index (κ2) is 8.11. The molecular weight excluding hydrogens is 329 g/mol. The van der Waals surface area contributed by atoms with Gasteiger partial charge in [0, 0.05) is 0 Å². The normalized spacial score (nSPS) is 9.12. The van der Waals surface area contributed by atoms with Gasteiger partial charge in [-0.2, -0.15) is 0 Å². The van der Waals surface area contributed by atoms with Crippen LogP contribution in [0.5, 0.6) is 5.75 Å². The highest BCUT2D eigenvalue weighted by Gasteiger charge is 2.13. The summed E-state index contributed by atoms with van der Waals surface area (Å²) in [5.74, 6) is 0.927. The van der Waals surface area contributed by atoms with Gasteiger partial charge in [0.1, 0.15) is 5.75 Å². The summed E-state index contributed by atoms with van der Waals surface area (Å²) >= 11 is -0.0449. The zero-order valence-electron chi connectivity index (χ0n) is 9.44. The Morgan fingerprint density at radius 3 is 1.94 bits per heavy atom. The Morgan fingerprint density at radius 1 is 0.882 bits per heavy atom. The summed E-state index contributed by atoms with van der Waals surface area (Å²) in [6.07, 6.45) is 0. The van der Waals surface area contributed by atoms with Crippen molar-refractivity contribution in [2.45, 2.75) is 0 Å². The summed E-state index contributed by atoms with van der Waals surface area (Å²) in [5.41, 5.74) is 0. The maximum Gasteiger partial charge on any atom is 0.357 e. The topological polar surface area (TPSA) is 9.23 Å². The van der Waals surface area contributed by atoms with E-state index in [1.165, 1.54) is 7.14 Å². The molecule has 0 amide bonds. The molecule has 0 heterocycles. The first-order valence-corrected chi connectivity index (χ1v) is 7.10. The van der Waals surface area contributed by atoms with E-state index in [9.17, 15) is 0 Å². The summed E-state index contributed by atoms with van der Waals surface area (Å²) < 4.78 is 17.0. The Hall–Kier alpha value is -1.04. The van der Waals surface area contributed by atoms with E-state index in [1.54, 1.807) is 7.11 Å². The summed E-state index contributed by atoms with van der Waals surface area (Å²) in [4.78, 5) is 0. The van der Waals surface area contributed by atoms with Crippen LogP contribution in [0.4, 0.5) is 4.32 Å². The van der Waals surface area contributed by atoms with Crippen molar-refractivity contribution in [1.29, 1.82) is 0 Å². The van der Waals surface area contributed by atoms with Crippen LogP contribution >= 0.6 is 0 Å². The molecule has 0 bridgehead atoms. The molecule has 87 valence electrons. The largest absolute Gasteiger partial charge is 0.643 e. The van der Waals surface area contributed by atoms with E-state index in [4.69, 9.17) is 9.05 Å². The lowest BCUT2D eigenvalue weighted by Crippen LogP contribution is -3.61. The van der Waals surface area contributed by atoms with Crippen molar-refractivity contribution in [1.82, 2.24) is 0 Å². The summed E-state index contributed by atoms with van der Waals surface area (Å²) in [6, 6.07) is 19.0. The number of benzene rings is 2. The predicted molar refractivity (Wildman–Crippen MR) is 63.7 cm³/mol. The summed E-state index contributed by atoms with van der Waals surface area (Å²) in [6.45, 7) is 0. The third-order valence-electron chi connectivity index (χ3n) is 2.00. The fourth-order valence-corrected chi connectivity index (χ4v) is 3.45. The molecule has 1 nitrogen and oxygen atoms in total. The van der Waals surface area contributed by atoms with Crippen LogP contribution in [0.15, 0.2) is 54.6 Å². The van der Waals surface area contributed by atoms with Gasteiger partial charge >= 0.3 is 21.2 Å². The van der Waals surface area contributed by atoms with Crippen LogP contribution in [-0.4, -0.2) is 15.2 Å². The second-order valence-electron chi connectivity index (χ2n) is 3.05. The van der Waals surface area contributed by atoms with Gasteiger partial charge in [0.15, 0.2) is 7.14 Å². The Bertz CT molecular complexity index is 419. The minimum absolute atomic E-state index is 0.0449. The Kier molecular flexibility index (Phi) is 6.70. The van der Waals surface area contributed by atoms with Gasteiger partial charge in [-0.15, -0.1) is 0 Å². The number of methoxy groups -OCH3 is 1. The number of hydrogen-bond donors (Lipinski definition) is 0. The van der Waals surface area contributed by atoms with Crippen LogP contribution in [0.1, 0.15) is 0 Å². The maximum absolute atomic E-state index is 9.00. The molecule has 0 aliphatic rings. The van der Waals surface area contributed by atoms with Crippen molar-refractivity contribution in [3.8, 4) is 5.75 Å². The van der Waals surface area contributed by atoms with Gasteiger partial charge in [0.25, 0.3) is 0 Å². The molecule has 0 aliphatic carbocycles. The van der Waals surface area contributed by atoms with Crippen LogP contribution in [-0.2, 0) is 0 Å². The molecule has 0 unspecified atom stereocenters. The zero-order chi connectivity index (χ0) is 12.5. The summed E-state index contributed by atoms with van der Waals surface area (Å²) in [7, 11) is 4.70. The SMILES string of the molecule is COc1ccc([I+]c2ccccc2)cc1.[B-]F. The van der Waals surface area contributed by atoms with E-state index in [0.717, 1.165) is 5.75 Å². The smallest absolute Gasteiger partial charge is 0.357 e. The van der Waals surface area contributed by atoms with Crippen molar-refractivity contribution in [3.63, 3.8) is 0 Å². The number of halogens is 2. The molecule has 17 heavy (non-hydrogen) atoms. The van der Waals surface area contributed by atoms with E-state index in [-0.39, 0.29) is 21.2 Å². The fourth-order valence-electron chi connectivity index (χ4n) is 1.24. The van der Waals surface area contributed by atoms with E-state index >= 15 is 0 Å². The van der Waals surface area contributed by atoms with Crippen molar-refractivity contribution in [2.24, 2.45) is 0 Å². The number of rotatable bonds is 3. The van der Waals surface area contributed by atoms with Crippen LogP contribution < -0.4 is 25.9 Å². The third kappa shape index (κ3) is 4.77. The van der Waals surface area contributed by atoms with Gasteiger partial charge in [-0.1, -0.05) is 18.2 Å². The van der Waals surface area contributed by atoms with Gasteiger partial charge < -0.3 is 17.2 Å². The van der Waals surface area contributed by atoms with Crippen LogP contribution in [0.25, 0.3) is 0 Å². The lowest BCUT2D eigenvalue weighted by molar-refractivity contribution is -0.597. The lowest BCUT2D eigenvalue weighted by Gasteiger charge is -1.95. The fraction of sp³-hybridized carbons (Fsp3) is 0.0769. The Labute approximate surface area is 113 Å². The van der Waals surface area contributed by atoms with Gasteiger partial charge in [0.05, 0.1) is 7.11 Å². The summed E-state index contributed by atoms with van der Waals surface area (Å²) in [5, 5.41) is 0. The maximum atomic E-state index is 9.00. The van der Waals surface area contributed by atoms with E-state index in [0.29, 0.717) is 0 Å². The number of ether oxygens (including phenoxy) is 1. The van der Waals surface area contributed by atoms with Gasteiger partial charge in [0.2, 0.25) is 0 Å². The Balaban J connectivity index is 0.000000686. The van der Waals surface area contributed by atoms with Crippen LogP contribution in [0, 0.1) is 7.14 Å². The van der Waals surface area contributed by atoms with Crippen molar-refractivity contribution < 1.29 is 30.3 Å². The van der Waals surface area contributed by atoms with Gasteiger partial charge in [-0.3, -0.25) is 0 Å². The first-order valence-electron chi connectivity index (χ1n) is 4.94. The molecule has 2 aromatic rings. The quantitative estimate of drug-likeness (QED) is 0.558. The van der Waals surface area contributed by atoms with E-state index in [1.807, 2.05) is 12.1 Å². The lowest BCUT2D eigenvalue weighted by atomic mass is 10.3. The molecule has 0 spiro atoms. The molecule has 3 radical (unpaired) electrons. The van der Waals surface area contributed by atoms with E-state index in [2.05, 4.69) is 50.6 Å². The molecule has 0 N–H and O–H groups in total. The molecule has 2 rings (SSSR count). The standard InChI is InChI=1S/C13H12IO.BF/c1-15-13-9-7-12(8-10-13)14-11-5-3-2-4-6-11;1-2/h2-10H,1H3;/q+1;-1. The third-order valence-corrected chi connectivity index (χ3v) is 4.68. The zero-order valence-corrected chi connectivity index (χ0v) is 11.6. The monoisotopic (exact) mass is 341 g/mol. The second-order valence-corrected chi connectivity index (χ2v) is 6.08. The molecule has 4 heteroatoms. The molecular formula is C13H12BFIO. The number of hydrogen-bond acceptors (Lipinski definition) is 1. The molecule has 0 fully saturated rings. The van der Waals surface area contributed by atoms with Crippen molar-refractivity contribution >= 4 is 8.12 Å². The average molecular weight is 341 g/mol. The van der Waals surface area contributed by atoms with Crippen molar-refractivity contribution in [2.75, 3.05) is 7.11 Å². The highest BCUT2D eigenvalue weighted by Crippen LogP contribution is 2.06. The van der Waals surface area contributed by atoms with Crippen LogP contribution in [0.2, 0.25) is 0 Å². The minimum atomic E-state index is -0.0449. The first kappa shape index (κ1) is 14.0. The van der Waals surface area contributed by atoms with E-state index < -0.39 is 0 Å². The van der Waals surface area contributed by atoms with Crippen molar-refractivity contribution in [3.05, 3.63) is 61.7 Å². The van der Waals surface area contributed by atoms with Gasteiger partial charge in [-0.05, 0) is 36.4 Å². The first-order chi connectivity index (χ1) is 8.38. The highest BCUT2D eigenvalue weighted by molar-refractivity contribution is 5.96. The molecule has 0 saturated carbocycles.